The van der Waals surface area contributed by atoms with E-state index in [9.17, 15) is 14.4 Å². The Morgan fingerprint density at radius 2 is 1.83 bits per heavy atom. The van der Waals surface area contributed by atoms with Gasteiger partial charge >= 0.3 is 12.1 Å². The lowest BCUT2D eigenvalue weighted by Crippen LogP contribution is -2.53. The van der Waals surface area contributed by atoms with E-state index in [1.54, 1.807) is 4.90 Å². The SMILES string of the molecule is COC(=O)C1C(=O)C2CC2CC12CCN(C(=O)OC(C)(C)C)CC2. The number of hydrogen-bond donors (Lipinski definition) is 0. The molecule has 1 spiro atoms. The summed E-state index contributed by atoms with van der Waals surface area (Å²) in [6.45, 7) is 6.57. The van der Waals surface area contributed by atoms with Crippen LogP contribution in [0.2, 0.25) is 0 Å². The zero-order valence-corrected chi connectivity index (χ0v) is 15.0. The van der Waals surface area contributed by atoms with E-state index in [2.05, 4.69) is 0 Å². The van der Waals surface area contributed by atoms with Crippen LogP contribution in [0.5, 0.6) is 0 Å². The molecule has 0 bridgehead atoms. The summed E-state index contributed by atoms with van der Waals surface area (Å²) in [6, 6.07) is 0. The standard InChI is InChI=1S/C18H27NO5/c1-17(2,3)24-16(22)19-7-5-18(6-8-19)10-11-9-12(11)14(20)13(18)15(21)23-4/h11-13H,5-10H2,1-4H3. The molecule has 3 fully saturated rings. The molecule has 0 aromatic heterocycles. The largest absolute Gasteiger partial charge is 0.468 e. The van der Waals surface area contributed by atoms with E-state index in [-0.39, 0.29) is 23.2 Å². The monoisotopic (exact) mass is 337 g/mol. The third kappa shape index (κ3) is 3.03. The van der Waals surface area contributed by atoms with E-state index in [0.717, 1.165) is 12.8 Å². The fraction of sp³-hybridized carbons (Fsp3) is 0.833. The Bertz CT molecular complexity index is 556. The predicted octanol–water partition coefficient (Wildman–Crippen LogP) is 2.40. The topological polar surface area (TPSA) is 72.9 Å². The van der Waals surface area contributed by atoms with Crippen LogP contribution >= 0.6 is 0 Å². The summed E-state index contributed by atoms with van der Waals surface area (Å²) in [5.41, 5.74) is -0.872. The van der Waals surface area contributed by atoms with Gasteiger partial charge in [0, 0.05) is 19.0 Å². The van der Waals surface area contributed by atoms with E-state index in [1.807, 2.05) is 20.8 Å². The number of methoxy groups -OCH3 is 1. The van der Waals surface area contributed by atoms with Crippen molar-refractivity contribution in [2.75, 3.05) is 20.2 Å². The average molecular weight is 337 g/mol. The highest BCUT2D eigenvalue weighted by molar-refractivity contribution is 6.03. The third-order valence-corrected chi connectivity index (χ3v) is 5.70. The van der Waals surface area contributed by atoms with Gasteiger partial charge in [-0.15, -0.1) is 0 Å². The van der Waals surface area contributed by atoms with Crippen molar-refractivity contribution < 1.29 is 23.9 Å². The molecule has 0 radical (unpaired) electrons. The minimum atomic E-state index is -0.660. The number of carbonyl (C=O) groups is 3. The lowest BCUT2D eigenvalue weighted by Gasteiger charge is -2.47. The number of amides is 1. The molecule has 6 nitrogen and oxygen atoms in total. The molecular weight excluding hydrogens is 310 g/mol. The van der Waals surface area contributed by atoms with Crippen LogP contribution in [0.4, 0.5) is 4.79 Å². The minimum Gasteiger partial charge on any atom is -0.468 e. The van der Waals surface area contributed by atoms with Crippen LogP contribution in [0, 0.1) is 23.2 Å². The first-order valence-electron chi connectivity index (χ1n) is 8.76. The van der Waals surface area contributed by atoms with Gasteiger partial charge in [0.2, 0.25) is 0 Å². The second-order valence-corrected chi connectivity index (χ2v) is 8.49. The molecule has 1 heterocycles. The van der Waals surface area contributed by atoms with Gasteiger partial charge in [-0.05, 0) is 57.8 Å². The number of ether oxygens (including phenoxy) is 2. The highest BCUT2D eigenvalue weighted by Gasteiger charge is 2.62. The number of rotatable bonds is 1. The fourth-order valence-electron chi connectivity index (χ4n) is 4.42. The van der Waals surface area contributed by atoms with Crippen molar-refractivity contribution in [3.63, 3.8) is 0 Å². The number of piperidine rings is 1. The maximum Gasteiger partial charge on any atom is 0.410 e. The molecule has 1 saturated heterocycles. The molecule has 0 N–H and O–H groups in total. The van der Waals surface area contributed by atoms with Crippen LogP contribution in [0.1, 0.15) is 46.5 Å². The van der Waals surface area contributed by atoms with Gasteiger partial charge in [0.05, 0.1) is 7.11 Å². The molecule has 3 rings (SSSR count). The Morgan fingerprint density at radius 3 is 2.38 bits per heavy atom. The second-order valence-electron chi connectivity index (χ2n) is 8.49. The van der Waals surface area contributed by atoms with Crippen LogP contribution in [0.3, 0.4) is 0 Å². The zero-order chi connectivity index (χ0) is 17.7. The number of hydrogen-bond acceptors (Lipinski definition) is 5. The summed E-state index contributed by atoms with van der Waals surface area (Å²) in [4.78, 5) is 38.8. The van der Waals surface area contributed by atoms with Gasteiger partial charge in [-0.25, -0.2) is 4.79 Å². The summed E-state index contributed by atoms with van der Waals surface area (Å²) in [5, 5.41) is 0. The second kappa shape index (κ2) is 5.74. The highest BCUT2D eigenvalue weighted by Crippen LogP contribution is 2.60. The Balaban J connectivity index is 1.72. The van der Waals surface area contributed by atoms with Gasteiger partial charge in [-0.2, -0.15) is 0 Å². The van der Waals surface area contributed by atoms with Crippen molar-refractivity contribution in [3.8, 4) is 0 Å². The van der Waals surface area contributed by atoms with Crippen LogP contribution in [-0.2, 0) is 19.1 Å². The van der Waals surface area contributed by atoms with Gasteiger partial charge in [-0.3, -0.25) is 9.59 Å². The molecule has 6 heteroatoms. The number of fused-ring (bicyclic) bond motifs is 1. The molecule has 0 aromatic carbocycles. The normalized spacial score (nSPS) is 31.4. The number of nitrogens with zero attached hydrogens (tertiary/aromatic N) is 1. The van der Waals surface area contributed by atoms with Crippen LogP contribution in [0.15, 0.2) is 0 Å². The summed E-state index contributed by atoms with van der Waals surface area (Å²) < 4.78 is 10.4. The molecule has 2 saturated carbocycles. The van der Waals surface area contributed by atoms with Crippen molar-refractivity contribution in [2.24, 2.45) is 23.2 Å². The highest BCUT2D eigenvalue weighted by atomic mass is 16.6. The predicted molar refractivity (Wildman–Crippen MR) is 86.2 cm³/mol. The van der Waals surface area contributed by atoms with E-state index in [1.165, 1.54) is 7.11 Å². The first kappa shape index (κ1) is 17.2. The maximum absolute atomic E-state index is 12.6. The number of carbonyl (C=O) groups excluding carboxylic acids is 3. The molecule has 0 aromatic rings. The molecule has 1 amide bonds. The quantitative estimate of drug-likeness (QED) is 0.543. The van der Waals surface area contributed by atoms with E-state index >= 15 is 0 Å². The Morgan fingerprint density at radius 1 is 1.21 bits per heavy atom. The van der Waals surface area contributed by atoms with Crippen molar-refractivity contribution in [3.05, 3.63) is 0 Å². The maximum atomic E-state index is 12.6. The van der Waals surface area contributed by atoms with Crippen LogP contribution in [-0.4, -0.2) is 48.5 Å². The van der Waals surface area contributed by atoms with Gasteiger partial charge in [0.25, 0.3) is 0 Å². The zero-order valence-electron chi connectivity index (χ0n) is 15.0. The van der Waals surface area contributed by atoms with Gasteiger partial charge < -0.3 is 14.4 Å². The van der Waals surface area contributed by atoms with Gasteiger partial charge in [0.1, 0.15) is 11.5 Å². The summed E-state index contributed by atoms with van der Waals surface area (Å²) in [7, 11) is 1.35. The molecule has 3 atom stereocenters. The molecular formula is C18H27NO5. The minimum absolute atomic E-state index is 0.0589. The summed E-state index contributed by atoms with van der Waals surface area (Å²) in [6.07, 6.45) is 2.79. The van der Waals surface area contributed by atoms with Crippen molar-refractivity contribution in [1.82, 2.24) is 4.90 Å². The van der Waals surface area contributed by atoms with Crippen LogP contribution < -0.4 is 0 Å². The summed E-state index contributed by atoms with van der Waals surface area (Å²) in [5.74, 6) is -0.526. The lowest BCUT2D eigenvalue weighted by molar-refractivity contribution is -0.160. The summed E-state index contributed by atoms with van der Waals surface area (Å²) >= 11 is 0. The number of likely N-dealkylation sites (tertiary alicyclic amines) is 1. The van der Waals surface area contributed by atoms with Crippen molar-refractivity contribution >= 4 is 17.8 Å². The molecule has 1 aliphatic heterocycles. The van der Waals surface area contributed by atoms with Crippen LogP contribution in [0.25, 0.3) is 0 Å². The van der Waals surface area contributed by atoms with Crippen molar-refractivity contribution in [1.29, 1.82) is 0 Å². The Kier molecular flexibility index (Phi) is 4.12. The van der Waals surface area contributed by atoms with E-state index in [0.29, 0.717) is 31.8 Å². The first-order valence-corrected chi connectivity index (χ1v) is 8.76. The molecule has 3 unspecified atom stereocenters. The number of ketones is 1. The lowest BCUT2D eigenvalue weighted by atomic mass is 9.61. The van der Waals surface area contributed by atoms with E-state index < -0.39 is 17.5 Å². The fourth-order valence-corrected chi connectivity index (χ4v) is 4.42. The smallest absolute Gasteiger partial charge is 0.410 e. The van der Waals surface area contributed by atoms with Gasteiger partial charge in [-0.1, -0.05) is 0 Å². The van der Waals surface area contributed by atoms with Gasteiger partial charge in [0.15, 0.2) is 5.78 Å². The first-order chi connectivity index (χ1) is 11.2. The molecule has 24 heavy (non-hydrogen) atoms. The molecule has 3 aliphatic rings. The van der Waals surface area contributed by atoms with Crippen molar-refractivity contribution in [2.45, 2.75) is 52.1 Å². The Hall–Kier alpha value is -1.59. The average Bonchev–Trinajstić information content (AvgIpc) is 3.25. The number of Topliss-reactive ketones (excluding diaryl/α,β-unsaturated/α-hetero) is 1. The molecule has 2 aliphatic carbocycles. The van der Waals surface area contributed by atoms with E-state index in [4.69, 9.17) is 9.47 Å². The number of esters is 1. The molecule has 134 valence electrons. The Labute approximate surface area is 142 Å². The third-order valence-electron chi connectivity index (χ3n) is 5.70.